The normalized spacial score (nSPS) is 12.4. The molecule has 0 bridgehead atoms. The largest absolute Gasteiger partial charge is 0.494 e. The van der Waals surface area contributed by atoms with Crippen LogP contribution in [0.4, 0.5) is 0 Å². The van der Waals surface area contributed by atoms with Gasteiger partial charge in [0.1, 0.15) is 5.75 Å². The molecule has 0 saturated carbocycles. The summed E-state index contributed by atoms with van der Waals surface area (Å²) < 4.78 is 5.56. The first-order valence-corrected chi connectivity index (χ1v) is 7.13. The Morgan fingerprint density at radius 3 is 2.78 bits per heavy atom. The minimum atomic E-state index is 0.233. The van der Waals surface area contributed by atoms with E-state index in [0.717, 1.165) is 5.75 Å². The van der Waals surface area contributed by atoms with Crippen molar-refractivity contribution in [3.8, 4) is 5.75 Å². The minimum absolute atomic E-state index is 0.233. The van der Waals surface area contributed by atoms with Crippen LogP contribution >= 0.6 is 11.3 Å². The highest BCUT2D eigenvalue weighted by molar-refractivity contribution is 7.08. The number of ether oxygens (including phenoxy) is 1. The van der Waals surface area contributed by atoms with E-state index in [0.29, 0.717) is 6.61 Å². The summed E-state index contributed by atoms with van der Waals surface area (Å²) in [6, 6.07) is 8.53. The summed E-state index contributed by atoms with van der Waals surface area (Å²) in [5, 5.41) is 7.78. The predicted octanol–water partition coefficient (Wildman–Crippen LogP) is 3.76. The summed E-state index contributed by atoms with van der Waals surface area (Å²) in [5.41, 5.74) is 3.92. The third-order valence-corrected chi connectivity index (χ3v) is 3.88. The first-order chi connectivity index (χ1) is 8.76. The second-order valence-corrected chi connectivity index (χ2v) is 4.98. The van der Waals surface area contributed by atoms with Gasteiger partial charge in [-0.15, -0.1) is 0 Å². The molecule has 0 aliphatic heterocycles. The van der Waals surface area contributed by atoms with Crippen LogP contribution in [-0.4, -0.2) is 13.7 Å². The van der Waals surface area contributed by atoms with E-state index < -0.39 is 0 Å². The van der Waals surface area contributed by atoms with Crippen LogP contribution in [0.3, 0.4) is 0 Å². The van der Waals surface area contributed by atoms with Crippen LogP contribution in [0.15, 0.2) is 35.0 Å². The van der Waals surface area contributed by atoms with Gasteiger partial charge in [0, 0.05) is 0 Å². The van der Waals surface area contributed by atoms with E-state index in [-0.39, 0.29) is 6.04 Å². The lowest BCUT2D eigenvalue weighted by Gasteiger charge is -2.18. The van der Waals surface area contributed by atoms with Gasteiger partial charge < -0.3 is 10.1 Å². The lowest BCUT2D eigenvalue weighted by molar-refractivity contribution is 0.339. The zero-order valence-electron chi connectivity index (χ0n) is 11.1. The molecule has 0 aliphatic carbocycles. The van der Waals surface area contributed by atoms with Gasteiger partial charge in [-0.05, 0) is 60.5 Å². The molecule has 1 atom stereocenters. The highest BCUT2D eigenvalue weighted by Gasteiger charge is 2.15. The highest BCUT2D eigenvalue weighted by Crippen LogP contribution is 2.29. The van der Waals surface area contributed by atoms with E-state index in [1.807, 2.05) is 26.1 Å². The molecular formula is C15H19NOS. The molecule has 1 heterocycles. The number of aryl methyl sites for hydroxylation is 1. The maximum atomic E-state index is 5.56. The van der Waals surface area contributed by atoms with Gasteiger partial charge in [-0.3, -0.25) is 0 Å². The fourth-order valence-corrected chi connectivity index (χ4v) is 3.00. The van der Waals surface area contributed by atoms with Gasteiger partial charge in [-0.2, -0.15) is 11.3 Å². The van der Waals surface area contributed by atoms with Crippen molar-refractivity contribution in [2.24, 2.45) is 0 Å². The molecule has 1 aromatic carbocycles. The SMILES string of the molecule is CCOc1cccc(C(NC)c2cscc2C)c1. The predicted molar refractivity (Wildman–Crippen MR) is 77.6 cm³/mol. The topological polar surface area (TPSA) is 21.3 Å². The number of benzene rings is 1. The third-order valence-electron chi connectivity index (χ3n) is 3.00. The fourth-order valence-electron chi connectivity index (χ4n) is 2.12. The van der Waals surface area contributed by atoms with Crippen molar-refractivity contribution < 1.29 is 4.74 Å². The Morgan fingerprint density at radius 1 is 1.33 bits per heavy atom. The summed E-state index contributed by atoms with van der Waals surface area (Å²) in [4.78, 5) is 0. The minimum Gasteiger partial charge on any atom is -0.494 e. The number of rotatable bonds is 5. The van der Waals surface area contributed by atoms with E-state index in [9.17, 15) is 0 Å². The molecule has 2 aromatic rings. The molecule has 1 N–H and O–H groups in total. The van der Waals surface area contributed by atoms with Gasteiger partial charge in [0.15, 0.2) is 0 Å². The Bertz CT molecular complexity index is 507. The lowest BCUT2D eigenvalue weighted by Crippen LogP contribution is -2.17. The van der Waals surface area contributed by atoms with Gasteiger partial charge >= 0.3 is 0 Å². The van der Waals surface area contributed by atoms with Crippen molar-refractivity contribution in [1.29, 1.82) is 0 Å². The van der Waals surface area contributed by atoms with Gasteiger partial charge in [0.05, 0.1) is 12.6 Å². The lowest BCUT2D eigenvalue weighted by atomic mass is 9.98. The molecule has 0 fully saturated rings. The number of hydrogen-bond acceptors (Lipinski definition) is 3. The molecule has 2 nitrogen and oxygen atoms in total. The first kappa shape index (κ1) is 13.1. The summed E-state index contributed by atoms with van der Waals surface area (Å²) in [5.74, 6) is 0.933. The van der Waals surface area contributed by atoms with E-state index in [4.69, 9.17) is 4.74 Å². The molecule has 0 saturated heterocycles. The van der Waals surface area contributed by atoms with Crippen molar-refractivity contribution in [2.75, 3.05) is 13.7 Å². The summed E-state index contributed by atoms with van der Waals surface area (Å²) in [6.07, 6.45) is 0. The first-order valence-electron chi connectivity index (χ1n) is 6.19. The number of thiophene rings is 1. The van der Waals surface area contributed by atoms with Gasteiger partial charge in [0.25, 0.3) is 0 Å². The number of hydrogen-bond donors (Lipinski definition) is 1. The molecule has 0 amide bonds. The van der Waals surface area contributed by atoms with Crippen LogP contribution in [0, 0.1) is 6.92 Å². The molecule has 1 unspecified atom stereocenters. The summed E-state index contributed by atoms with van der Waals surface area (Å²) in [6.45, 7) is 4.86. The van der Waals surface area contributed by atoms with Crippen LogP contribution in [0.2, 0.25) is 0 Å². The van der Waals surface area contributed by atoms with Crippen molar-refractivity contribution in [3.63, 3.8) is 0 Å². The Hall–Kier alpha value is -1.32. The number of nitrogens with one attached hydrogen (secondary N) is 1. The van der Waals surface area contributed by atoms with Gasteiger partial charge in [0.2, 0.25) is 0 Å². The molecule has 0 radical (unpaired) electrons. The highest BCUT2D eigenvalue weighted by atomic mass is 32.1. The van der Waals surface area contributed by atoms with Gasteiger partial charge in [-0.25, -0.2) is 0 Å². The van der Waals surface area contributed by atoms with Crippen LogP contribution < -0.4 is 10.1 Å². The molecule has 3 heteroatoms. The monoisotopic (exact) mass is 261 g/mol. The summed E-state index contributed by atoms with van der Waals surface area (Å²) >= 11 is 1.75. The molecule has 0 aliphatic rings. The fraction of sp³-hybridized carbons (Fsp3) is 0.333. The second-order valence-electron chi connectivity index (χ2n) is 4.24. The standard InChI is InChI=1S/C15H19NOS/c1-4-17-13-7-5-6-12(8-13)15(16-3)14-10-18-9-11(14)2/h5-10,15-16H,4H2,1-3H3. The Kier molecular flexibility index (Phi) is 4.39. The zero-order valence-corrected chi connectivity index (χ0v) is 11.9. The Balaban J connectivity index is 2.33. The van der Waals surface area contributed by atoms with E-state index in [1.165, 1.54) is 16.7 Å². The molecule has 18 heavy (non-hydrogen) atoms. The van der Waals surface area contributed by atoms with E-state index >= 15 is 0 Å². The molecular weight excluding hydrogens is 242 g/mol. The van der Waals surface area contributed by atoms with E-state index in [2.05, 4.69) is 35.1 Å². The Labute approximate surface area is 113 Å². The maximum Gasteiger partial charge on any atom is 0.119 e. The van der Waals surface area contributed by atoms with Crippen LogP contribution in [0.25, 0.3) is 0 Å². The molecule has 0 spiro atoms. The zero-order chi connectivity index (χ0) is 13.0. The molecule has 1 aromatic heterocycles. The van der Waals surface area contributed by atoms with Crippen LogP contribution in [0.5, 0.6) is 5.75 Å². The average Bonchev–Trinajstić information content (AvgIpc) is 2.78. The quantitative estimate of drug-likeness (QED) is 0.884. The average molecular weight is 261 g/mol. The smallest absolute Gasteiger partial charge is 0.119 e. The van der Waals surface area contributed by atoms with Crippen LogP contribution in [-0.2, 0) is 0 Å². The Morgan fingerprint density at radius 2 is 2.17 bits per heavy atom. The maximum absolute atomic E-state index is 5.56. The van der Waals surface area contributed by atoms with Crippen molar-refractivity contribution in [3.05, 3.63) is 51.7 Å². The van der Waals surface area contributed by atoms with Gasteiger partial charge in [-0.1, -0.05) is 12.1 Å². The molecule has 96 valence electrons. The summed E-state index contributed by atoms with van der Waals surface area (Å²) in [7, 11) is 2.00. The van der Waals surface area contributed by atoms with Crippen molar-refractivity contribution in [1.82, 2.24) is 5.32 Å². The second kappa shape index (κ2) is 6.03. The van der Waals surface area contributed by atoms with Crippen LogP contribution in [0.1, 0.15) is 29.7 Å². The van der Waals surface area contributed by atoms with Crippen molar-refractivity contribution in [2.45, 2.75) is 19.9 Å². The van der Waals surface area contributed by atoms with E-state index in [1.54, 1.807) is 11.3 Å². The van der Waals surface area contributed by atoms with Crippen molar-refractivity contribution >= 4 is 11.3 Å². The third kappa shape index (κ3) is 2.74. The molecule has 2 rings (SSSR count).